The lowest BCUT2D eigenvalue weighted by Gasteiger charge is -2.08. The molecule has 0 atom stereocenters. The molecule has 1 rings (SSSR count). The van der Waals surface area contributed by atoms with Gasteiger partial charge in [-0.25, -0.2) is 17.5 Å². The van der Waals surface area contributed by atoms with Crippen molar-refractivity contribution >= 4 is 22.0 Å². The van der Waals surface area contributed by atoms with Crippen LogP contribution in [-0.2, 0) is 21.4 Å². The highest BCUT2D eigenvalue weighted by Crippen LogP contribution is 2.17. The highest BCUT2D eigenvalue weighted by molar-refractivity contribution is 7.89. The van der Waals surface area contributed by atoms with E-state index in [2.05, 4.69) is 0 Å². The van der Waals surface area contributed by atoms with Crippen molar-refractivity contribution in [1.29, 1.82) is 0 Å². The highest BCUT2D eigenvalue weighted by atomic mass is 32.2. The Labute approximate surface area is 103 Å². The van der Waals surface area contributed by atoms with Crippen LogP contribution >= 0.6 is 0 Å². The first-order valence-electron chi connectivity index (χ1n) is 4.74. The molecule has 0 aliphatic rings. The number of hydrogen-bond donors (Lipinski definition) is 2. The Morgan fingerprint density at radius 3 is 2.28 bits per heavy atom. The molecule has 8 nitrogen and oxygen atoms in total. The van der Waals surface area contributed by atoms with E-state index in [0.717, 1.165) is 21.1 Å². The van der Waals surface area contributed by atoms with Gasteiger partial charge < -0.3 is 14.8 Å². The zero-order chi connectivity index (χ0) is 14.1. The summed E-state index contributed by atoms with van der Waals surface area (Å²) in [6.45, 7) is -0.620. The van der Waals surface area contributed by atoms with Crippen LogP contribution < -0.4 is 0 Å². The molecule has 0 aliphatic heterocycles. The number of aliphatic carboxylic acids is 1. The van der Waals surface area contributed by atoms with Crippen LogP contribution in [0.15, 0.2) is 17.2 Å². The van der Waals surface area contributed by atoms with Crippen molar-refractivity contribution in [3.63, 3.8) is 0 Å². The van der Waals surface area contributed by atoms with E-state index in [1.54, 1.807) is 0 Å². The zero-order valence-corrected chi connectivity index (χ0v) is 10.5. The third-order valence-corrected chi connectivity index (χ3v) is 3.96. The molecule has 0 fully saturated rings. The van der Waals surface area contributed by atoms with E-state index < -0.39 is 34.2 Å². The Hall–Kier alpha value is -1.87. The predicted molar refractivity (Wildman–Crippen MR) is 59.9 cm³/mol. The van der Waals surface area contributed by atoms with Gasteiger partial charge in [-0.05, 0) is 6.07 Å². The molecular weight excluding hydrogens is 264 g/mol. The monoisotopic (exact) mass is 276 g/mol. The van der Waals surface area contributed by atoms with Crippen molar-refractivity contribution in [3.05, 3.63) is 18.0 Å². The van der Waals surface area contributed by atoms with E-state index in [4.69, 9.17) is 10.2 Å². The minimum Gasteiger partial charge on any atom is -0.480 e. The van der Waals surface area contributed by atoms with Gasteiger partial charge >= 0.3 is 11.9 Å². The third kappa shape index (κ3) is 2.68. The number of nitrogens with zero attached hydrogens (tertiary/aromatic N) is 2. The Kier molecular flexibility index (Phi) is 3.77. The average molecular weight is 276 g/mol. The van der Waals surface area contributed by atoms with Crippen LogP contribution in [0.4, 0.5) is 0 Å². The van der Waals surface area contributed by atoms with Crippen LogP contribution in [0.1, 0.15) is 10.5 Å². The molecule has 0 amide bonds. The minimum atomic E-state index is -3.79. The molecule has 1 aromatic rings. The van der Waals surface area contributed by atoms with E-state index in [1.807, 2.05) is 0 Å². The number of sulfonamides is 1. The molecular formula is C9H12N2O6S. The topological polar surface area (TPSA) is 117 Å². The van der Waals surface area contributed by atoms with Crippen molar-refractivity contribution in [1.82, 2.24) is 8.87 Å². The van der Waals surface area contributed by atoms with E-state index >= 15 is 0 Å². The van der Waals surface area contributed by atoms with Crippen LogP contribution in [0.5, 0.6) is 0 Å². The molecule has 1 aromatic heterocycles. The van der Waals surface area contributed by atoms with Gasteiger partial charge in [0, 0.05) is 20.3 Å². The van der Waals surface area contributed by atoms with Crippen molar-refractivity contribution in [2.45, 2.75) is 11.4 Å². The molecule has 0 radical (unpaired) electrons. The number of aromatic carboxylic acids is 1. The largest absolute Gasteiger partial charge is 0.480 e. The van der Waals surface area contributed by atoms with Gasteiger partial charge in [-0.2, -0.15) is 0 Å². The first-order chi connectivity index (χ1) is 8.16. The number of aromatic nitrogens is 1. The van der Waals surface area contributed by atoms with E-state index in [1.165, 1.54) is 14.1 Å². The van der Waals surface area contributed by atoms with Crippen LogP contribution in [-0.4, -0.2) is 53.5 Å². The summed E-state index contributed by atoms with van der Waals surface area (Å²) in [5, 5.41) is 17.5. The smallest absolute Gasteiger partial charge is 0.352 e. The maximum atomic E-state index is 11.8. The molecule has 0 bridgehead atoms. The van der Waals surface area contributed by atoms with E-state index in [-0.39, 0.29) is 4.90 Å². The summed E-state index contributed by atoms with van der Waals surface area (Å²) < 4.78 is 25.3. The maximum absolute atomic E-state index is 11.8. The van der Waals surface area contributed by atoms with Crippen molar-refractivity contribution in [2.24, 2.45) is 0 Å². The van der Waals surface area contributed by atoms with Crippen LogP contribution in [0.3, 0.4) is 0 Å². The Bertz CT molecular complexity index is 586. The Balaban J connectivity index is 3.35. The summed E-state index contributed by atoms with van der Waals surface area (Å²) in [7, 11) is -1.20. The van der Waals surface area contributed by atoms with Gasteiger partial charge in [-0.3, -0.25) is 4.79 Å². The standard InChI is InChI=1S/C9H12N2O6S/c1-10(2)18(16,17)6-3-7(9(14)15)11(4-6)5-8(12)13/h3-4H,5H2,1-2H3,(H,12,13)(H,14,15). The van der Waals surface area contributed by atoms with Crippen molar-refractivity contribution < 1.29 is 28.2 Å². The van der Waals surface area contributed by atoms with Crippen molar-refractivity contribution in [3.8, 4) is 0 Å². The molecule has 0 unspecified atom stereocenters. The lowest BCUT2D eigenvalue weighted by atomic mass is 10.4. The first kappa shape index (κ1) is 14.2. The molecule has 9 heteroatoms. The zero-order valence-electron chi connectivity index (χ0n) is 9.69. The predicted octanol–water partition coefficient (Wildman–Crippen LogP) is -0.479. The second kappa shape index (κ2) is 4.78. The molecule has 0 spiro atoms. The molecule has 0 aromatic carbocycles. The van der Waals surface area contributed by atoms with Crippen LogP contribution in [0.25, 0.3) is 0 Å². The van der Waals surface area contributed by atoms with Gasteiger partial charge in [-0.1, -0.05) is 0 Å². The third-order valence-electron chi connectivity index (χ3n) is 2.17. The summed E-state index contributed by atoms with van der Waals surface area (Å²) in [6, 6.07) is 0.931. The second-order valence-corrected chi connectivity index (χ2v) is 5.83. The number of hydrogen-bond acceptors (Lipinski definition) is 4. The minimum absolute atomic E-state index is 0.258. The lowest BCUT2D eigenvalue weighted by Crippen LogP contribution is -2.21. The average Bonchev–Trinajstić information content (AvgIpc) is 2.60. The van der Waals surface area contributed by atoms with E-state index in [9.17, 15) is 18.0 Å². The fourth-order valence-electron chi connectivity index (χ4n) is 1.29. The summed E-state index contributed by atoms with van der Waals surface area (Å²) in [6.07, 6.45) is 0.993. The lowest BCUT2D eigenvalue weighted by molar-refractivity contribution is -0.137. The second-order valence-electron chi connectivity index (χ2n) is 3.68. The highest BCUT2D eigenvalue weighted by Gasteiger charge is 2.23. The van der Waals surface area contributed by atoms with Crippen LogP contribution in [0.2, 0.25) is 0 Å². The maximum Gasteiger partial charge on any atom is 0.352 e. The number of carboxylic acid groups (broad SMARTS) is 2. The van der Waals surface area contributed by atoms with Gasteiger partial charge in [0.2, 0.25) is 10.0 Å². The summed E-state index contributed by atoms with van der Waals surface area (Å²) in [5.74, 6) is -2.65. The molecule has 18 heavy (non-hydrogen) atoms. The molecule has 0 saturated heterocycles. The summed E-state index contributed by atoms with van der Waals surface area (Å²) in [4.78, 5) is 21.2. The normalized spacial score (nSPS) is 11.7. The summed E-state index contributed by atoms with van der Waals surface area (Å²) >= 11 is 0. The van der Waals surface area contributed by atoms with E-state index in [0.29, 0.717) is 0 Å². The SMILES string of the molecule is CN(C)S(=O)(=O)c1cc(C(=O)O)n(CC(=O)O)c1. The summed E-state index contributed by atoms with van der Waals surface area (Å²) in [5.41, 5.74) is -0.391. The molecule has 1 heterocycles. The fraction of sp³-hybridized carbons (Fsp3) is 0.333. The van der Waals surface area contributed by atoms with Crippen molar-refractivity contribution in [2.75, 3.05) is 14.1 Å². The molecule has 0 aliphatic carbocycles. The molecule has 100 valence electrons. The van der Waals surface area contributed by atoms with Gasteiger partial charge in [0.1, 0.15) is 17.1 Å². The van der Waals surface area contributed by atoms with Gasteiger partial charge in [0.05, 0.1) is 0 Å². The van der Waals surface area contributed by atoms with Gasteiger partial charge in [0.25, 0.3) is 0 Å². The number of carboxylic acids is 2. The Morgan fingerprint density at radius 2 is 1.89 bits per heavy atom. The molecule has 2 N–H and O–H groups in total. The van der Waals surface area contributed by atoms with Gasteiger partial charge in [-0.15, -0.1) is 0 Å². The van der Waals surface area contributed by atoms with Crippen LogP contribution in [0, 0.1) is 0 Å². The first-order valence-corrected chi connectivity index (χ1v) is 6.18. The molecule has 0 saturated carbocycles. The number of carbonyl (C=O) groups is 2. The fourth-order valence-corrected chi connectivity index (χ4v) is 2.23. The Morgan fingerprint density at radius 1 is 1.33 bits per heavy atom. The number of rotatable bonds is 5. The quantitative estimate of drug-likeness (QED) is 0.750. The van der Waals surface area contributed by atoms with Gasteiger partial charge in [0.15, 0.2) is 0 Å².